The molecule has 0 radical (unpaired) electrons. The molecule has 1 heterocycles. The van der Waals surface area contributed by atoms with Gasteiger partial charge in [0.05, 0.1) is 0 Å². The maximum Gasteiger partial charge on any atom is 0.0410 e. The van der Waals surface area contributed by atoms with Crippen molar-refractivity contribution in [2.45, 2.75) is 57.5 Å². The quantitative estimate of drug-likeness (QED) is 0.815. The van der Waals surface area contributed by atoms with Crippen molar-refractivity contribution in [2.24, 2.45) is 5.41 Å². The van der Waals surface area contributed by atoms with Gasteiger partial charge in [-0.1, -0.05) is 18.9 Å². The molecule has 0 amide bonds. The van der Waals surface area contributed by atoms with Crippen molar-refractivity contribution < 1.29 is 0 Å². The number of hydrogen-bond donors (Lipinski definition) is 1. The van der Waals surface area contributed by atoms with Crippen LogP contribution in [0, 0.1) is 5.41 Å². The van der Waals surface area contributed by atoms with Gasteiger partial charge < -0.3 is 5.32 Å². The number of thiophene rings is 1. The average Bonchev–Trinajstić information content (AvgIpc) is 2.93. The Hall–Kier alpha value is -0.380. The van der Waals surface area contributed by atoms with Gasteiger partial charge in [0.1, 0.15) is 0 Å². The third kappa shape index (κ3) is 3.44. The third-order valence-electron chi connectivity index (χ3n) is 5.21. The van der Waals surface area contributed by atoms with Gasteiger partial charge in [-0.15, -0.1) is 11.3 Å². The predicted octanol–water partition coefficient (Wildman–Crippen LogP) is 4.05. The van der Waals surface area contributed by atoms with Crippen molar-refractivity contribution >= 4 is 11.3 Å². The Kier molecular flexibility index (Phi) is 4.49. The summed E-state index contributed by atoms with van der Waals surface area (Å²) in [5, 5.41) is 5.99. The maximum absolute atomic E-state index is 3.79. The zero-order valence-corrected chi connectivity index (χ0v) is 13.7. The van der Waals surface area contributed by atoms with Crippen molar-refractivity contribution in [3.63, 3.8) is 0 Å². The van der Waals surface area contributed by atoms with E-state index >= 15 is 0 Å². The van der Waals surface area contributed by atoms with Crippen molar-refractivity contribution in [3.8, 4) is 0 Å². The lowest BCUT2D eigenvalue weighted by Gasteiger charge is -2.36. The predicted molar refractivity (Wildman–Crippen MR) is 87.3 cm³/mol. The largest absolute Gasteiger partial charge is 0.313 e. The van der Waals surface area contributed by atoms with Crippen LogP contribution in [-0.2, 0) is 0 Å². The van der Waals surface area contributed by atoms with Gasteiger partial charge in [0, 0.05) is 30.1 Å². The van der Waals surface area contributed by atoms with Crippen LogP contribution in [0.3, 0.4) is 0 Å². The van der Waals surface area contributed by atoms with E-state index < -0.39 is 0 Å². The molecule has 2 aliphatic carbocycles. The van der Waals surface area contributed by atoms with Gasteiger partial charge in [0.15, 0.2) is 0 Å². The summed E-state index contributed by atoms with van der Waals surface area (Å²) in [6, 6.07) is 5.83. The molecule has 1 atom stereocenters. The van der Waals surface area contributed by atoms with Crippen LogP contribution in [0.25, 0.3) is 0 Å². The summed E-state index contributed by atoms with van der Waals surface area (Å²) in [7, 11) is 2.31. The smallest absolute Gasteiger partial charge is 0.0410 e. The van der Waals surface area contributed by atoms with Crippen LogP contribution >= 0.6 is 11.3 Å². The van der Waals surface area contributed by atoms with E-state index in [1.54, 1.807) is 0 Å². The molecule has 0 saturated heterocycles. The molecule has 20 heavy (non-hydrogen) atoms. The van der Waals surface area contributed by atoms with Crippen molar-refractivity contribution in [1.29, 1.82) is 0 Å². The minimum atomic E-state index is 0.531. The highest BCUT2D eigenvalue weighted by Crippen LogP contribution is 2.40. The Labute approximate surface area is 127 Å². The molecule has 1 aromatic rings. The zero-order valence-electron chi connectivity index (χ0n) is 12.9. The van der Waals surface area contributed by atoms with E-state index in [4.69, 9.17) is 0 Å². The summed E-state index contributed by atoms with van der Waals surface area (Å²) in [6.45, 7) is 4.83. The Balaban J connectivity index is 1.59. The third-order valence-corrected chi connectivity index (χ3v) is 6.25. The normalized spacial score (nSPS) is 23.4. The van der Waals surface area contributed by atoms with Crippen LogP contribution in [0.2, 0.25) is 0 Å². The summed E-state index contributed by atoms with van der Waals surface area (Å²) in [4.78, 5) is 4.07. The van der Waals surface area contributed by atoms with Crippen LogP contribution in [0.15, 0.2) is 17.5 Å². The molecular formula is C17H28N2S. The van der Waals surface area contributed by atoms with Crippen molar-refractivity contribution in [3.05, 3.63) is 22.4 Å². The molecule has 1 N–H and O–H groups in total. The van der Waals surface area contributed by atoms with E-state index in [0.29, 0.717) is 11.5 Å². The van der Waals surface area contributed by atoms with Gasteiger partial charge in [-0.3, -0.25) is 4.90 Å². The maximum atomic E-state index is 3.79. The molecular weight excluding hydrogens is 264 g/mol. The van der Waals surface area contributed by atoms with Crippen LogP contribution < -0.4 is 5.32 Å². The van der Waals surface area contributed by atoms with Crippen LogP contribution in [-0.4, -0.2) is 31.1 Å². The SMILES string of the molecule is CC(c1cccs1)N(C)CC1(CNC2CC2)CCCC1. The topological polar surface area (TPSA) is 15.3 Å². The highest BCUT2D eigenvalue weighted by atomic mass is 32.1. The minimum Gasteiger partial charge on any atom is -0.313 e. The summed E-state index contributed by atoms with van der Waals surface area (Å²) in [5.74, 6) is 0. The molecule has 0 spiro atoms. The van der Waals surface area contributed by atoms with Gasteiger partial charge in [-0.2, -0.15) is 0 Å². The van der Waals surface area contributed by atoms with E-state index in [-0.39, 0.29) is 0 Å². The van der Waals surface area contributed by atoms with Crippen molar-refractivity contribution in [2.75, 3.05) is 20.1 Å². The van der Waals surface area contributed by atoms with E-state index in [1.165, 1.54) is 56.5 Å². The van der Waals surface area contributed by atoms with Gasteiger partial charge in [-0.05, 0) is 56.5 Å². The lowest BCUT2D eigenvalue weighted by molar-refractivity contribution is 0.142. The highest BCUT2D eigenvalue weighted by Gasteiger charge is 2.37. The highest BCUT2D eigenvalue weighted by molar-refractivity contribution is 7.10. The summed E-state index contributed by atoms with van der Waals surface area (Å²) in [6.07, 6.45) is 8.47. The monoisotopic (exact) mass is 292 g/mol. The van der Waals surface area contributed by atoms with Crippen LogP contribution in [0.1, 0.15) is 56.4 Å². The molecule has 0 aromatic carbocycles. The fourth-order valence-electron chi connectivity index (χ4n) is 3.58. The van der Waals surface area contributed by atoms with E-state index in [2.05, 4.69) is 41.7 Å². The van der Waals surface area contributed by atoms with Gasteiger partial charge >= 0.3 is 0 Å². The summed E-state index contributed by atoms with van der Waals surface area (Å²) >= 11 is 1.89. The van der Waals surface area contributed by atoms with E-state index in [0.717, 1.165) is 6.04 Å². The van der Waals surface area contributed by atoms with E-state index in [1.807, 2.05) is 11.3 Å². The first-order valence-electron chi connectivity index (χ1n) is 8.16. The first-order valence-corrected chi connectivity index (χ1v) is 9.04. The van der Waals surface area contributed by atoms with Crippen molar-refractivity contribution in [1.82, 2.24) is 10.2 Å². The second-order valence-electron chi connectivity index (χ2n) is 6.97. The van der Waals surface area contributed by atoms with Gasteiger partial charge in [-0.25, -0.2) is 0 Å². The Morgan fingerprint density at radius 3 is 2.75 bits per heavy atom. The number of hydrogen-bond acceptors (Lipinski definition) is 3. The lowest BCUT2D eigenvalue weighted by Crippen LogP contribution is -2.42. The molecule has 3 rings (SSSR count). The second kappa shape index (κ2) is 6.17. The fourth-order valence-corrected chi connectivity index (χ4v) is 4.42. The van der Waals surface area contributed by atoms with Crippen LogP contribution in [0.4, 0.5) is 0 Å². The van der Waals surface area contributed by atoms with Gasteiger partial charge in [0.25, 0.3) is 0 Å². The second-order valence-corrected chi connectivity index (χ2v) is 7.95. The first-order chi connectivity index (χ1) is 9.69. The van der Waals surface area contributed by atoms with Crippen LogP contribution in [0.5, 0.6) is 0 Å². The Morgan fingerprint density at radius 2 is 2.15 bits per heavy atom. The standard InChI is InChI=1S/C17H28N2S/c1-14(16-6-5-11-20-16)19(2)13-17(9-3-4-10-17)12-18-15-7-8-15/h5-6,11,14-15,18H,3-4,7-10,12-13H2,1-2H3. The summed E-state index contributed by atoms with van der Waals surface area (Å²) < 4.78 is 0. The minimum absolute atomic E-state index is 0.531. The van der Waals surface area contributed by atoms with E-state index in [9.17, 15) is 0 Å². The average molecular weight is 292 g/mol. The molecule has 3 heteroatoms. The molecule has 1 unspecified atom stereocenters. The first kappa shape index (κ1) is 14.6. The molecule has 112 valence electrons. The number of nitrogens with one attached hydrogen (secondary N) is 1. The number of rotatable bonds is 7. The molecule has 2 fully saturated rings. The fraction of sp³-hybridized carbons (Fsp3) is 0.765. The molecule has 2 saturated carbocycles. The number of nitrogens with zero attached hydrogens (tertiary/aromatic N) is 1. The molecule has 0 aliphatic heterocycles. The molecule has 2 nitrogen and oxygen atoms in total. The molecule has 2 aliphatic rings. The van der Waals surface area contributed by atoms with Gasteiger partial charge in [0.2, 0.25) is 0 Å². The molecule has 1 aromatic heterocycles. The zero-order chi connectivity index (χ0) is 14.0. The Morgan fingerprint density at radius 1 is 1.40 bits per heavy atom. The summed E-state index contributed by atoms with van der Waals surface area (Å²) in [5.41, 5.74) is 0.531. The molecule has 0 bridgehead atoms. The lowest BCUT2D eigenvalue weighted by atomic mass is 9.85. The Bertz CT molecular complexity index is 405.